The molecule has 0 spiro atoms. The van der Waals surface area contributed by atoms with Gasteiger partial charge >= 0.3 is 0 Å². The highest BCUT2D eigenvalue weighted by Crippen LogP contribution is 2.22. The van der Waals surface area contributed by atoms with Crippen LogP contribution in [-0.2, 0) is 0 Å². The van der Waals surface area contributed by atoms with Crippen molar-refractivity contribution in [3.63, 3.8) is 0 Å². The molecule has 3 nitrogen and oxygen atoms in total. The molecule has 1 aromatic carbocycles. The van der Waals surface area contributed by atoms with Crippen LogP contribution in [0.1, 0.15) is 24.1 Å². The van der Waals surface area contributed by atoms with Gasteiger partial charge in [-0.25, -0.2) is 0 Å². The van der Waals surface area contributed by atoms with Crippen LogP contribution in [0.4, 0.5) is 0 Å². The van der Waals surface area contributed by atoms with E-state index in [0.717, 1.165) is 11.1 Å². The number of hydrogen-bond donors (Lipinski definition) is 3. The molecule has 1 unspecified atom stereocenters. The summed E-state index contributed by atoms with van der Waals surface area (Å²) in [5.74, 6) is 0.178. The van der Waals surface area contributed by atoms with Crippen LogP contribution in [0.15, 0.2) is 18.2 Å². The lowest BCUT2D eigenvalue weighted by atomic mass is 9.98. The standard InChI is InChI=1S/C10H15NO2/c1-6-3-4-8(13)5-9(6)10(11)7(2)12/h3-5,7,10,12-13H,11H2,1-2H3/t7?,10-/m1/s1. The third kappa shape index (κ3) is 2.20. The van der Waals surface area contributed by atoms with E-state index in [0.29, 0.717) is 0 Å². The zero-order chi connectivity index (χ0) is 10.0. The first kappa shape index (κ1) is 10.0. The molecule has 1 rings (SSSR count). The molecule has 3 heteroatoms. The third-order valence-corrected chi connectivity index (χ3v) is 2.14. The zero-order valence-corrected chi connectivity index (χ0v) is 7.86. The first-order valence-electron chi connectivity index (χ1n) is 4.25. The van der Waals surface area contributed by atoms with Crippen LogP contribution in [0.25, 0.3) is 0 Å². The Hall–Kier alpha value is -1.06. The molecule has 72 valence electrons. The summed E-state index contributed by atoms with van der Waals surface area (Å²) in [6.07, 6.45) is -0.611. The van der Waals surface area contributed by atoms with Gasteiger partial charge < -0.3 is 15.9 Å². The lowest BCUT2D eigenvalue weighted by molar-refractivity contribution is 0.164. The van der Waals surface area contributed by atoms with Gasteiger partial charge in [-0.05, 0) is 37.1 Å². The molecule has 2 atom stereocenters. The van der Waals surface area contributed by atoms with Gasteiger partial charge in [-0.3, -0.25) is 0 Å². The molecule has 0 amide bonds. The van der Waals surface area contributed by atoms with Crippen molar-refractivity contribution in [1.29, 1.82) is 0 Å². The monoisotopic (exact) mass is 181 g/mol. The minimum atomic E-state index is -0.611. The molecule has 0 saturated carbocycles. The van der Waals surface area contributed by atoms with E-state index in [1.54, 1.807) is 25.1 Å². The minimum absolute atomic E-state index is 0.178. The first-order valence-corrected chi connectivity index (χ1v) is 4.25. The summed E-state index contributed by atoms with van der Waals surface area (Å²) in [5.41, 5.74) is 7.51. The number of aryl methyl sites for hydroxylation is 1. The fourth-order valence-corrected chi connectivity index (χ4v) is 1.25. The predicted octanol–water partition coefficient (Wildman–Crippen LogP) is 1.08. The number of aliphatic hydroxyl groups excluding tert-OH is 1. The van der Waals surface area contributed by atoms with E-state index in [4.69, 9.17) is 5.73 Å². The zero-order valence-electron chi connectivity index (χ0n) is 7.86. The topological polar surface area (TPSA) is 66.5 Å². The van der Waals surface area contributed by atoms with Crippen LogP contribution in [0.5, 0.6) is 5.75 Å². The number of phenolic OH excluding ortho intramolecular Hbond substituents is 1. The van der Waals surface area contributed by atoms with Crippen molar-refractivity contribution in [2.24, 2.45) is 5.73 Å². The van der Waals surface area contributed by atoms with Crippen molar-refractivity contribution >= 4 is 0 Å². The molecule has 0 heterocycles. The van der Waals surface area contributed by atoms with Crippen LogP contribution < -0.4 is 5.73 Å². The summed E-state index contributed by atoms with van der Waals surface area (Å²) in [5, 5.41) is 18.5. The van der Waals surface area contributed by atoms with Gasteiger partial charge in [0.05, 0.1) is 12.1 Å². The normalized spacial score (nSPS) is 15.4. The molecule has 0 fully saturated rings. The van der Waals surface area contributed by atoms with Gasteiger partial charge in [0.15, 0.2) is 0 Å². The molecular formula is C10H15NO2. The van der Waals surface area contributed by atoms with Gasteiger partial charge in [-0.1, -0.05) is 6.07 Å². The molecule has 0 aliphatic heterocycles. The average molecular weight is 181 g/mol. The quantitative estimate of drug-likeness (QED) is 0.639. The SMILES string of the molecule is Cc1ccc(O)cc1[C@H](N)C(C)O. The lowest BCUT2D eigenvalue weighted by Crippen LogP contribution is -2.23. The number of nitrogens with two attached hydrogens (primary N) is 1. The maximum absolute atomic E-state index is 9.28. The predicted molar refractivity (Wildman–Crippen MR) is 51.5 cm³/mol. The van der Waals surface area contributed by atoms with Crippen molar-refractivity contribution in [3.05, 3.63) is 29.3 Å². The summed E-state index contributed by atoms with van der Waals surface area (Å²) in [6.45, 7) is 3.53. The van der Waals surface area contributed by atoms with Crippen molar-refractivity contribution < 1.29 is 10.2 Å². The Bertz CT molecular complexity index is 297. The first-order chi connectivity index (χ1) is 6.02. The second-order valence-corrected chi connectivity index (χ2v) is 3.31. The van der Waals surface area contributed by atoms with Crippen LogP contribution in [0.2, 0.25) is 0 Å². The molecule has 1 aromatic rings. The van der Waals surface area contributed by atoms with Crippen molar-refractivity contribution in [2.45, 2.75) is 26.0 Å². The molecular weight excluding hydrogens is 166 g/mol. The van der Waals surface area contributed by atoms with Gasteiger partial charge in [-0.15, -0.1) is 0 Å². The molecule has 0 aliphatic rings. The summed E-state index contributed by atoms with van der Waals surface area (Å²) in [4.78, 5) is 0. The van der Waals surface area contributed by atoms with E-state index in [-0.39, 0.29) is 5.75 Å². The molecule has 0 radical (unpaired) electrons. The number of phenols is 1. The fourth-order valence-electron chi connectivity index (χ4n) is 1.25. The smallest absolute Gasteiger partial charge is 0.115 e. The highest BCUT2D eigenvalue weighted by molar-refractivity contribution is 5.36. The molecule has 4 N–H and O–H groups in total. The Balaban J connectivity index is 3.05. The number of hydrogen-bond acceptors (Lipinski definition) is 3. The van der Waals surface area contributed by atoms with E-state index in [9.17, 15) is 10.2 Å². The fraction of sp³-hybridized carbons (Fsp3) is 0.400. The maximum atomic E-state index is 9.28. The second kappa shape index (κ2) is 3.77. The lowest BCUT2D eigenvalue weighted by Gasteiger charge is -2.17. The molecule has 0 saturated heterocycles. The second-order valence-electron chi connectivity index (χ2n) is 3.31. The van der Waals surface area contributed by atoms with Gasteiger partial charge in [0.2, 0.25) is 0 Å². The highest BCUT2D eigenvalue weighted by Gasteiger charge is 2.14. The Morgan fingerprint density at radius 3 is 2.54 bits per heavy atom. The van der Waals surface area contributed by atoms with Crippen LogP contribution in [-0.4, -0.2) is 16.3 Å². The highest BCUT2D eigenvalue weighted by atomic mass is 16.3. The van der Waals surface area contributed by atoms with Gasteiger partial charge in [0.25, 0.3) is 0 Å². The van der Waals surface area contributed by atoms with Gasteiger partial charge in [-0.2, -0.15) is 0 Å². The van der Waals surface area contributed by atoms with E-state index >= 15 is 0 Å². The number of aromatic hydroxyl groups is 1. The Labute approximate surface area is 77.8 Å². The Morgan fingerprint density at radius 1 is 1.38 bits per heavy atom. The number of benzene rings is 1. The van der Waals surface area contributed by atoms with Crippen LogP contribution in [0, 0.1) is 6.92 Å². The average Bonchev–Trinajstić information content (AvgIpc) is 2.08. The molecule has 0 aliphatic carbocycles. The van der Waals surface area contributed by atoms with E-state index in [1.165, 1.54) is 0 Å². The molecule has 13 heavy (non-hydrogen) atoms. The summed E-state index contributed by atoms with van der Waals surface area (Å²) < 4.78 is 0. The van der Waals surface area contributed by atoms with Gasteiger partial charge in [0.1, 0.15) is 5.75 Å². The molecule has 0 bridgehead atoms. The van der Waals surface area contributed by atoms with Gasteiger partial charge in [0, 0.05) is 0 Å². The summed E-state index contributed by atoms with van der Waals surface area (Å²) in [7, 11) is 0. The van der Waals surface area contributed by atoms with Crippen molar-refractivity contribution in [1.82, 2.24) is 0 Å². The van der Waals surface area contributed by atoms with Crippen LogP contribution in [0.3, 0.4) is 0 Å². The minimum Gasteiger partial charge on any atom is -0.508 e. The number of rotatable bonds is 2. The largest absolute Gasteiger partial charge is 0.508 e. The van der Waals surface area contributed by atoms with Crippen molar-refractivity contribution in [3.8, 4) is 5.75 Å². The maximum Gasteiger partial charge on any atom is 0.115 e. The molecule has 0 aromatic heterocycles. The van der Waals surface area contributed by atoms with E-state index in [1.807, 2.05) is 6.92 Å². The third-order valence-electron chi connectivity index (χ3n) is 2.14. The Kier molecular flexibility index (Phi) is 2.90. The summed E-state index contributed by atoms with van der Waals surface area (Å²) in [6, 6.07) is 4.54. The Morgan fingerprint density at radius 2 is 2.00 bits per heavy atom. The van der Waals surface area contributed by atoms with E-state index in [2.05, 4.69) is 0 Å². The van der Waals surface area contributed by atoms with Crippen molar-refractivity contribution in [2.75, 3.05) is 0 Å². The van der Waals surface area contributed by atoms with E-state index < -0.39 is 12.1 Å². The van der Waals surface area contributed by atoms with Crippen LogP contribution >= 0.6 is 0 Å². The number of aliphatic hydroxyl groups is 1. The summed E-state index contributed by atoms with van der Waals surface area (Å²) >= 11 is 0.